The number of nitrogens with one attached hydrogen (secondary N) is 5. The Morgan fingerprint density at radius 2 is 2.00 bits per heavy atom. The number of carboxylic acid groups (broad SMARTS) is 2. The van der Waals surface area contributed by atoms with Crippen LogP contribution < -0.4 is 32.1 Å². The Labute approximate surface area is 192 Å². The number of hydrogen-bond acceptors (Lipinski definition) is 9. The number of carboxylic acids is 2. The number of rotatable bonds is 10. The summed E-state index contributed by atoms with van der Waals surface area (Å²) >= 11 is 0. The number of aromatic amines is 1. The van der Waals surface area contributed by atoms with Gasteiger partial charge in [0.25, 0.3) is 11.5 Å². The Kier molecular flexibility index (Phi) is 7.30. The number of amides is 1. The van der Waals surface area contributed by atoms with Crippen molar-refractivity contribution >= 4 is 47.3 Å². The molecule has 34 heavy (non-hydrogen) atoms. The molecule has 0 spiro atoms. The van der Waals surface area contributed by atoms with Gasteiger partial charge in [-0.15, -0.1) is 0 Å². The highest BCUT2D eigenvalue weighted by Gasteiger charge is 2.29. The highest BCUT2D eigenvalue weighted by molar-refractivity contribution is 5.97. The Morgan fingerprint density at radius 3 is 2.62 bits per heavy atom. The normalized spacial score (nSPS) is 15.4. The number of nitrogens with zero attached hydrogens (tertiary/aromatic N) is 2. The number of aliphatic carboxylic acids is 2. The summed E-state index contributed by atoms with van der Waals surface area (Å²) in [6.07, 6.45) is 0.418. The number of H-pyrrole nitrogens is 1. The van der Waals surface area contributed by atoms with Crippen LogP contribution in [-0.2, 0) is 9.59 Å². The van der Waals surface area contributed by atoms with Crippen molar-refractivity contribution in [2.45, 2.75) is 24.9 Å². The van der Waals surface area contributed by atoms with Crippen LogP contribution in [0.2, 0.25) is 0 Å². The summed E-state index contributed by atoms with van der Waals surface area (Å²) in [4.78, 5) is 54.5. The van der Waals surface area contributed by atoms with E-state index in [-0.39, 0.29) is 36.1 Å². The van der Waals surface area contributed by atoms with Gasteiger partial charge in [-0.25, -0.2) is 4.79 Å². The minimum Gasteiger partial charge on any atom is -0.481 e. The molecular weight excluding hydrogens is 448 g/mol. The van der Waals surface area contributed by atoms with Crippen molar-refractivity contribution in [1.29, 1.82) is 5.41 Å². The van der Waals surface area contributed by atoms with Crippen LogP contribution >= 0.6 is 0 Å². The van der Waals surface area contributed by atoms with Gasteiger partial charge in [-0.3, -0.25) is 24.8 Å². The molecule has 14 nitrogen and oxygen atoms in total. The molecule has 0 bridgehead atoms. The van der Waals surface area contributed by atoms with Crippen molar-refractivity contribution in [3.63, 3.8) is 0 Å². The zero-order valence-corrected chi connectivity index (χ0v) is 17.9. The maximum Gasteiger partial charge on any atom is 0.326 e. The minimum atomic E-state index is -1.32. The molecular formula is C20H24N8O6. The Balaban J connectivity index is 1.62. The molecule has 1 aliphatic heterocycles. The molecule has 14 heteroatoms. The number of nitrogen functional groups attached to an aromatic ring is 1. The van der Waals surface area contributed by atoms with E-state index >= 15 is 0 Å². The molecule has 2 atom stereocenters. The summed E-state index contributed by atoms with van der Waals surface area (Å²) in [6.45, 7) is 0.728. The summed E-state index contributed by atoms with van der Waals surface area (Å²) in [7, 11) is 0. The molecule has 9 N–H and O–H groups in total. The van der Waals surface area contributed by atoms with Crippen LogP contribution in [0.1, 0.15) is 23.2 Å². The summed E-state index contributed by atoms with van der Waals surface area (Å²) in [5.41, 5.74) is 6.14. The van der Waals surface area contributed by atoms with Crippen molar-refractivity contribution in [3.8, 4) is 0 Å². The molecule has 0 aliphatic carbocycles. The van der Waals surface area contributed by atoms with Gasteiger partial charge < -0.3 is 36.8 Å². The summed E-state index contributed by atoms with van der Waals surface area (Å²) in [6, 6.07) is 4.61. The molecule has 0 saturated heterocycles. The van der Waals surface area contributed by atoms with Crippen molar-refractivity contribution < 1.29 is 24.6 Å². The lowest BCUT2D eigenvalue weighted by Gasteiger charge is -2.35. The molecule has 1 aliphatic rings. The molecule has 180 valence electrons. The standard InChI is InChI=1S/C20H24N8O6/c21-9-28-12(8-24-16-15(28)18(32)27-20(22)26-16)7-23-11-3-1-10(2-4-11)17(31)25-13(19(33)34)5-6-14(29)30/h1-4,9,12-13,21,23H,5-8H2,(H,25,31)(H,29,30)(H,33,34)(H4,22,24,26,27,32)/t12-,13?/m0/s1. The van der Waals surface area contributed by atoms with Gasteiger partial charge in [-0.05, 0) is 30.7 Å². The van der Waals surface area contributed by atoms with E-state index < -0.39 is 29.4 Å². The predicted molar refractivity (Wildman–Crippen MR) is 124 cm³/mol. The number of carbonyl (C=O) groups is 3. The number of fused-ring (bicyclic) bond motifs is 1. The van der Waals surface area contributed by atoms with Crippen molar-refractivity contribution in [2.24, 2.45) is 0 Å². The average molecular weight is 472 g/mol. The van der Waals surface area contributed by atoms with Crippen molar-refractivity contribution in [1.82, 2.24) is 15.3 Å². The van der Waals surface area contributed by atoms with Crippen molar-refractivity contribution in [3.05, 3.63) is 40.2 Å². The molecule has 1 aromatic carbocycles. The lowest BCUT2D eigenvalue weighted by atomic mass is 10.1. The molecule has 1 amide bonds. The van der Waals surface area contributed by atoms with Gasteiger partial charge in [-0.1, -0.05) is 0 Å². The van der Waals surface area contributed by atoms with Gasteiger partial charge in [0.2, 0.25) is 5.95 Å². The Hall–Kier alpha value is -4.62. The summed E-state index contributed by atoms with van der Waals surface area (Å²) in [5, 5.41) is 34.1. The summed E-state index contributed by atoms with van der Waals surface area (Å²) in [5.74, 6) is -2.85. The predicted octanol–water partition coefficient (Wildman–Crippen LogP) is -0.280. The first-order chi connectivity index (χ1) is 16.2. The van der Waals surface area contributed by atoms with Crippen LogP contribution in [0.15, 0.2) is 29.1 Å². The highest BCUT2D eigenvalue weighted by atomic mass is 16.4. The molecule has 0 fully saturated rings. The fourth-order valence-electron chi connectivity index (χ4n) is 3.42. The largest absolute Gasteiger partial charge is 0.481 e. The lowest BCUT2D eigenvalue weighted by Crippen LogP contribution is -2.49. The lowest BCUT2D eigenvalue weighted by molar-refractivity contribution is -0.140. The van der Waals surface area contributed by atoms with E-state index in [0.29, 0.717) is 24.6 Å². The quantitative estimate of drug-likeness (QED) is 0.166. The first-order valence-corrected chi connectivity index (χ1v) is 10.2. The zero-order chi connectivity index (χ0) is 24.8. The van der Waals surface area contributed by atoms with E-state index in [2.05, 4.69) is 25.9 Å². The number of carbonyl (C=O) groups excluding carboxylic acids is 1. The van der Waals surface area contributed by atoms with Gasteiger partial charge in [0.1, 0.15) is 6.04 Å². The fraction of sp³-hybridized carbons (Fsp3) is 0.300. The second kappa shape index (κ2) is 10.3. The van der Waals surface area contributed by atoms with Crippen LogP contribution in [0.3, 0.4) is 0 Å². The third-order valence-corrected chi connectivity index (χ3v) is 5.15. The van der Waals surface area contributed by atoms with E-state index in [9.17, 15) is 24.3 Å². The van der Waals surface area contributed by atoms with Crippen LogP contribution in [0.4, 0.5) is 23.1 Å². The van der Waals surface area contributed by atoms with Gasteiger partial charge in [0.05, 0.1) is 12.4 Å². The number of benzene rings is 1. The SMILES string of the molecule is N=CN1c2c(nc(N)[nH]c2=O)NC[C@@H]1CNc1ccc(C(=O)NC(CCC(=O)O)C(=O)O)cc1. The maximum absolute atomic E-state index is 12.3. The van der Waals surface area contributed by atoms with E-state index in [4.69, 9.17) is 16.2 Å². The van der Waals surface area contributed by atoms with Gasteiger partial charge in [-0.2, -0.15) is 4.98 Å². The topological polar surface area (TPSA) is 227 Å². The van der Waals surface area contributed by atoms with E-state index in [1.54, 1.807) is 12.1 Å². The van der Waals surface area contributed by atoms with Crippen LogP contribution in [0, 0.1) is 5.41 Å². The third-order valence-electron chi connectivity index (χ3n) is 5.15. The highest BCUT2D eigenvalue weighted by Crippen LogP contribution is 2.25. The van der Waals surface area contributed by atoms with Crippen LogP contribution in [0.25, 0.3) is 0 Å². The maximum atomic E-state index is 12.3. The van der Waals surface area contributed by atoms with Gasteiger partial charge in [0, 0.05) is 30.8 Å². The average Bonchev–Trinajstić information content (AvgIpc) is 2.79. The van der Waals surface area contributed by atoms with Crippen molar-refractivity contribution in [2.75, 3.05) is 34.4 Å². The Morgan fingerprint density at radius 1 is 1.29 bits per heavy atom. The molecule has 1 aromatic heterocycles. The van der Waals surface area contributed by atoms with Crippen LogP contribution in [-0.4, -0.2) is 69.5 Å². The van der Waals surface area contributed by atoms with E-state index in [0.717, 1.165) is 6.34 Å². The zero-order valence-electron chi connectivity index (χ0n) is 17.9. The molecule has 0 radical (unpaired) electrons. The fourth-order valence-corrected chi connectivity index (χ4v) is 3.42. The molecule has 1 unspecified atom stereocenters. The van der Waals surface area contributed by atoms with Crippen LogP contribution in [0.5, 0.6) is 0 Å². The number of nitrogens with two attached hydrogens (primary N) is 1. The Bertz CT molecular complexity index is 1150. The first kappa shape index (κ1) is 24.0. The minimum absolute atomic E-state index is 0.0292. The van der Waals surface area contributed by atoms with Gasteiger partial charge in [0.15, 0.2) is 11.5 Å². The monoisotopic (exact) mass is 472 g/mol. The smallest absolute Gasteiger partial charge is 0.326 e. The first-order valence-electron chi connectivity index (χ1n) is 10.2. The van der Waals surface area contributed by atoms with Gasteiger partial charge >= 0.3 is 11.9 Å². The third kappa shape index (κ3) is 5.59. The molecule has 0 saturated carbocycles. The van der Waals surface area contributed by atoms with E-state index in [1.165, 1.54) is 17.0 Å². The van der Waals surface area contributed by atoms with E-state index in [1.807, 2.05) is 0 Å². The molecule has 2 aromatic rings. The number of anilines is 4. The number of hydrogen-bond donors (Lipinski definition) is 8. The molecule has 2 heterocycles. The molecule has 3 rings (SSSR count). The number of aromatic nitrogens is 2. The second-order valence-corrected chi connectivity index (χ2v) is 7.47. The summed E-state index contributed by atoms with van der Waals surface area (Å²) < 4.78 is 0. The second-order valence-electron chi connectivity index (χ2n) is 7.47.